The Kier molecular flexibility index (Phi) is 5.21. The van der Waals surface area contributed by atoms with Gasteiger partial charge in [0, 0.05) is 19.5 Å². The number of anilines is 1. The van der Waals surface area contributed by atoms with E-state index < -0.39 is 17.6 Å². The van der Waals surface area contributed by atoms with Crippen molar-refractivity contribution in [3.05, 3.63) is 59.9 Å². The molecule has 0 saturated carbocycles. The molecule has 0 unspecified atom stereocenters. The van der Waals surface area contributed by atoms with Crippen molar-refractivity contribution in [3.8, 4) is 5.75 Å². The van der Waals surface area contributed by atoms with Crippen LogP contribution in [0.15, 0.2) is 48.5 Å². The van der Waals surface area contributed by atoms with Gasteiger partial charge < -0.3 is 15.0 Å². The lowest BCUT2D eigenvalue weighted by molar-refractivity contribution is -0.143. The van der Waals surface area contributed by atoms with Gasteiger partial charge in [0.2, 0.25) is 11.8 Å². The number of likely N-dealkylation sites (tertiary alicyclic amines) is 1. The first-order valence-electron chi connectivity index (χ1n) is 8.45. The quantitative estimate of drug-likeness (QED) is 0.857. The number of ether oxygens (including phenoxy) is 1. The Morgan fingerprint density at radius 2 is 1.88 bits per heavy atom. The smallest absolute Gasteiger partial charge is 0.237 e. The maximum Gasteiger partial charge on any atom is 0.237 e. The van der Waals surface area contributed by atoms with E-state index in [4.69, 9.17) is 4.74 Å². The van der Waals surface area contributed by atoms with Gasteiger partial charge in [-0.1, -0.05) is 24.3 Å². The predicted molar refractivity (Wildman–Crippen MR) is 96.5 cm³/mol. The Balaban J connectivity index is 1.89. The Hall–Kier alpha value is -2.89. The minimum atomic E-state index is -0.901. The summed E-state index contributed by atoms with van der Waals surface area (Å²) in [5.41, 5.74) is 0.966. The van der Waals surface area contributed by atoms with E-state index in [-0.39, 0.29) is 17.5 Å². The summed E-state index contributed by atoms with van der Waals surface area (Å²) in [5.74, 6) is -1.74. The van der Waals surface area contributed by atoms with Crippen molar-refractivity contribution in [1.82, 2.24) is 4.90 Å². The van der Waals surface area contributed by atoms with Gasteiger partial charge in [-0.25, -0.2) is 4.39 Å². The van der Waals surface area contributed by atoms with Crippen LogP contribution in [-0.4, -0.2) is 37.4 Å². The molecule has 1 aliphatic rings. The summed E-state index contributed by atoms with van der Waals surface area (Å²) in [7, 11) is 3.26. The molecule has 0 aliphatic carbocycles. The molecular weight excluding hydrogens is 335 g/mol. The molecule has 0 spiro atoms. The van der Waals surface area contributed by atoms with Crippen molar-refractivity contribution in [3.63, 3.8) is 0 Å². The van der Waals surface area contributed by atoms with Crippen molar-refractivity contribution in [2.75, 3.05) is 26.0 Å². The number of methoxy groups -OCH3 is 1. The number of benzene rings is 2. The fourth-order valence-corrected chi connectivity index (χ4v) is 3.30. The zero-order valence-electron chi connectivity index (χ0n) is 14.7. The van der Waals surface area contributed by atoms with Crippen LogP contribution in [-0.2, 0) is 9.59 Å². The highest BCUT2D eigenvalue weighted by Gasteiger charge is 2.41. The molecule has 0 bridgehead atoms. The Labute approximate surface area is 151 Å². The first-order valence-corrected chi connectivity index (χ1v) is 8.45. The molecule has 26 heavy (non-hydrogen) atoms. The van der Waals surface area contributed by atoms with E-state index in [1.54, 1.807) is 31.2 Å². The highest BCUT2D eigenvalue weighted by molar-refractivity contribution is 6.07. The number of carbonyl (C=O) groups is 2. The largest absolute Gasteiger partial charge is 0.497 e. The van der Waals surface area contributed by atoms with E-state index in [1.807, 2.05) is 24.3 Å². The van der Waals surface area contributed by atoms with E-state index in [0.29, 0.717) is 18.7 Å². The first-order chi connectivity index (χ1) is 12.5. The number of rotatable bonds is 4. The minimum absolute atomic E-state index is 0.0759. The third-order valence-electron chi connectivity index (χ3n) is 4.78. The van der Waals surface area contributed by atoms with Crippen molar-refractivity contribution in [2.24, 2.45) is 5.92 Å². The molecule has 1 heterocycles. The monoisotopic (exact) mass is 356 g/mol. The molecule has 1 N–H and O–H groups in total. The molecule has 1 aliphatic heterocycles. The van der Waals surface area contributed by atoms with Crippen LogP contribution >= 0.6 is 0 Å². The molecule has 1 fully saturated rings. The van der Waals surface area contributed by atoms with Crippen LogP contribution < -0.4 is 10.1 Å². The summed E-state index contributed by atoms with van der Waals surface area (Å²) in [5, 5.41) is 2.57. The zero-order valence-corrected chi connectivity index (χ0v) is 14.7. The maximum atomic E-state index is 13.9. The van der Waals surface area contributed by atoms with E-state index >= 15 is 0 Å². The number of hydrogen-bond acceptors (Lipinski definition) is 3. The van der Waals surface area contributed by atoms with Gasteiger partial charge in [0.25, 0.3) is 0 Å². The van der Waals surface area contributed by atoms with E-state index in [9.17, 15) is 14.0 Å². The zero-order chi connectivity index (χ0) is 18.7. The average Bonchev–Trinajstić information content (AvgIpc) is 2.65. The topological polar surface area (TPSA) is 58.6 Å². The summed E-state index contributed by atoms with van der Waals surface area (Å²) in [6.45, 7) is 0.568. The second-order valence-corrected chi connectivity index (χ2v) is 6.37. The fraction of sp³-hybridized carbons (Fsp3) is 0.300. The van der Waals surface area contributed by atoms with Crippen LogP contribution in [0.25, 0.3) is 0 Å². The van der Waals surface area contributed by atoms with Crippen LogP contribution in [0.4, 0.5) is 10.1 Å². The van der Waals surface area contributed by atoms with Gasteiger partial charge >= 0.3 is 0 Å². The number of carbonyl (C=O) groups excluding carboxylic acids is 2. The number of nitrogens with one attached hydrogen (secondary N) is 1. The molecule has 6 heteroatoms. The molecule has 0 aromatic heterocycles. The van der Waals surface area contributed by atoms with Gasteiger partial charge in [-0.15, -0.1) is 0 Å². The molecule has 5 nitrogen and oxygen atoms in total. The van der Waals surface area contributed by atoms with Crippen LogP contribution in [0, 0.1) is 11.7 Å². The first kappa shape index (κ1) is 17.9. The second-order valence-electron chi connectivity index (χ2n) is 6.37. The predicted octanol–water partition coefficient (Wildman–Crippen LogP) is 3.03. The van der Waals surface area contributed by atoms with Gasteiger partial charge in [0.05, 0.1) is 12.8 Å². The molecule has 2 aromatic rings. The highest BCUT2D eigenvalue weighted by Crippen LogP contribution is 2.35. The number of amides is 2. The van der Waals surface area contributed by atoms with Crippen molar-refractivity contribution < 1.29 is 18.7 Å². The standard InChI is InChI=1S/C20H21FN2O3/c1-23-12-11-15(13-7-9-14(26-2)10-8-13)18(20(23)25)19(24)22-17-6-4-3-5-16(17)21/h3-10,15,18H,11-12H2,1-2H3,(H,22,24)/t15-,18+/m1/s1. The van der Waals surface area contributed by atoms with Gasteiger partial charge in [-0.2, -0.15) is 0 Å². The summed E-state index contributed by atoms with van der Waals surface area (Å²) >= 11 is 0. The molecule has 2 atom stereocenters. The lowest BCUT2D eigenvalue weighted by atomic mass is 9.79. The summed E-state index contributed by atoms with van der Waals surface area (Å²) < 4.78 is 19.0. The average molecular weight is 356 g/mol. The van der Waals surface area contributed by atoms with Gasteiger partial charge in [-0.05, 0) is 36.2 Å². The van der Waals surface area contributed by atoms with Crippen LogP contribution in [0.2, 0.25) is 0 Å². The van der Waals surface area contributed by atoms with Crippen LogP contribution in [0.1, 0.15) is 17.9 Å². The number of hydrogen-bond donors (Lipinski definition) is 1. The van der Waals surface area contributed by atoms with Crippen molar-refractivity contribution in [2.45, 2.75) is 12.3 Å². The van der Waals surface area contributed by atoms with E-state index in [2.05, 4.69) is 5.32 Å². The number of para-hydroxylation sites is 1. The molecular formula is C20H21FN2O3. The summed E-state index contributed by atoms with van der Waals surface area (Å²) in [6, 6.07) is 13.3. The van der Waals surface area contributed by atoms with E-state index in [0.717, 1.165) is 5.56 Å². The molecule has 2 aromatic carbocycles. The Bertz CT molecular complexity index is 807. The Morgan fingerprint density at radius 3 is 2.54 bits per heavy atom. The van der Waals surface area contributed by atoms with Crippen molar-refractivity contribution in [1.29, 1.82) is 0 Å². The van der Waals surface area contributed by atoms with Crippen LogP contribution in [0.3, 0.4) is 0 Å². The number of halogens is 1. The molecule has 3 rings (SSSR count). The second kappa shape index (κ2) is 7.56. The fourth-order valence-electron chi connectivity index (χ4n) is 3.30. The number of nitrogens with zero attached hydrogens (tertiary/aromatic N) is 1. The molecule has 2 amide bonds. The summed E-state index contributed by atoms with van der Waals surface area (Å²) in [6.07, 6.45) is 0.657. The van der Waals surface area contributed by atoms with Crippen LogP contribution in [0.5, 0.6) is 5.75 Å². The lowest BCUT2D eigenvalue weighted by Gasteiger charge is -2.35. The van der Waals surface area contributed by atoms with Crippen molar-refractivity contribution >= 4 is 17.5 Å². The van der Waals surface area contributed by atoms with Gasteiger partial charge in [0.1, 0.15) is 17.5 Å². The van der Waals surface area contributed by atoms with E-state index in [1.165, 1.54) is 12.1 Å². The SMILES string of the molecule is COc1ccc([C@H]2CCN(C)C(=O)[C@@H]2C(=O)Nc2ccccc2F)cc1. The van der Waals surface area contributed by atoms with Gasteiger partial charge in [-0.3, -0.25) is 9.59 Å². The maximum absolute atomic E-state index is 13.9. The third kappa shape index (κ3) is 3.54. The molecule has 0 radical (unpaired) electrons. The number of piperidine rings is 1. The van der Waals surface area contributed by atoms with Gasteiger partial charge in [0.15, 0.2) is 0 Å². The molecule has 136 valence electrons. The minimum Gasteiger partial charge on any atom is -0.497 e. The molecule has 1 saturated heterocycles. The normalized spacial score (nSPS) is 20.0. The third-order valence-corrected chi connectivity index (χ3v) is 4.78. The Morgan fingerprint density at radius 1 is 1.19 bits per heavy atom. The highest BCUT2D eigenvalue weighted by atomic mass is 19.1. The summed E-state index contributed by atoms with van der Waals surface area (Å²) in [4.78, 5) is 27.1. The lowest BCUT2D eigenvalue weighted by Crippen LogP contribution is -2.47.